The summed E-state index contributed by atoms with van der Waals surface area (Å²) < 4.78 is 8.13. The van der Waals surface area contributed by atoms with Gasteiger partial charge < -0.3 is 4.74 Å². The van der Waals surface area contributed by atoms with Crippen LogP contribution in [0.25, 0.3) is 23.2 Å². The van der Waals surface area contributed by atoms with E-state index in [4.69, 9.17) is 16.3 Å². The molecule has 5 nitrogen and oxygen atoms in total. The Morgan fingerprint density at radius 1 is 1.18 bits per heavy atom. The third-order valence-corrected chi connectivity index (χ3v) is 5.68. The van der Waals surface area contributed by atoms with Crippen LogP contribution in [0.1, 0.15) is 17.0 Å². The molecule has 0 N–H and O–H groups in total. The van der Waals surface area contributed by atoms with Gasteiger partial charge in [-0.15, -0.1) is 5.10 Å². The maximum Gasteiger partial charge on any atom is 0.291 e. The van der Waals surface area contributed by atoms with Gasteiger partial charge in [-0.3, -0.25) is 4.79 Å². The molecule has 0 saturated carbocycles. The maximum absolute atomic E-state index is 12.7. The third kappa shape index (κ3) is 3.87. The van der Waals surface area contributed by atoms with E-state index in [9.17, 15) is 4.79 Å². The van der Waals surface area contributed by atoms with E-state index in [0.29, 0.717) is 26.1 Å². The van der Waals surface area contributed by atoms with Crippen molar-refractivity contribution in [2.45, 2.75) is 0 Å². The maximum atomic E-state index is 12.7. The number of halogens is 2. The van der Waals surface area contributed by atoms with Gasteiger partial charge in [0.15, 0.2) is 5.82 Å². The first-order valence-corrected chi connectivity index (χ1v) is 10.2. The zero-order chi connectivity index (χ0) is 19.7. The van der Waals surface area contributed by atoms with E-state index in [1.165, 1.54) is 15.9 Å². The summed E-state index contributed by atoms with van der Waals surface area (Å²) in [5.41, 5.74) is 1.57. The number of fused-ring (bicyclic) bond motifs is 1. The van der Waals surface area contributed by atoms with Gasteiger partial charge in [-0.2, -0.15) is 9.50 Å². The van der Waals surface area contributed by atoms with Gasteiger partial charge >= 0.3 is 0 Å². The molecule has 2 aromatic carbocycles. The van der Waals surface area contributed by atoms with E-state index in [1.807, 2.05) is 48.5 Å². The zero-order valence-electron chi connectivity index (χ0n) is 14.6. The van der Waals surface area contributed by atoms with Crippen molar-refractivity contribution < 1.29 is 4.74 Å². The summed E-state index contributed by atoms with van der Waals surface area (Å²) >= 11 is 10.6. The van der Waals surface area contributed by atoms with Gasteiger partial charge in [0.25, 0.3) is 5.56 Å². The summed E-state index contributed by atoms with van der Waals surface area (Å²) in [7, 11) is 1.60. The number of hydrogen-bond donors (Lipinski definition) is 0. The molecule has 0 bridgehead atoms. The number of nitrogens with zero attached hydrogens (tertiary/aromatic N) is 3. The molecule has 0 aliphatic heterocycles. The SMILES string of the molecule is COc1ccc(Br)cc1/C=c1/sc2nc(/C=C/c3ccc(Cl)cc3)nn2c1=O. The van der Waals surface area contributed by atoms with E-state index >= 15 is 0 Å². The van der Waals surface area contributed by atoms with Crippen molar-refractivity contribution in [1.82, 2.24) is 14.6 Å². The van der Waals surface area contributed by atoms with Gasteiger partial charge in [-0.1, -0.05) is 57.1 Å². The lowest BCUT2D eigenvalue weighted by molar-refractivity contribution is 0.414. The van der Waals surface area contributed by atoms with Crippen LogP contribution in [0.4, 0.5) is 0 Å². The van der Waals surface area contributed by atoms with Crippen LogP contribution < -0.4 is 14.8 Å². The fourth-order valence-corrected chi connectivity index (χ4v) is 4.03. The Hall–Kier alpha value is -2.48. The second-order valence-corrected chi connectivity index (χ2v) is 8.21. The zero-order valence-corrected chi connectivity index (χ0v) is 17.8. The molecule has 0 aliphatic carbocycles. The van der Waals surface area contributed by atoms with Crippen molar-refractivity contribution in [2.75, 3.05) is 7.11 Å². The van der Waals surface area contributed by atoms with Crippen LogP contribution in [0.15, 0.2) is 51.7 Å². The molecule has 0 atom stereocenters. The molecule has 0 spiro atoms. The molecule has 0 aliphatic rings. The van der Waals surface area contributed by atoms with Crippen molar-refractivity contribution in [2.24, 2.45) is 0 Å². The smallest absolute Gasteiger partial charge is 0.291 e. The van der Waals surface area contributed by atoms with Crippen molar-refractivity contribution in [1.29, 1.82) is 0 Å². The molecular formula is C20H13BrClN3O2S. The molecule has 2 heterocycles. The van der Waals surface area contributed by atoms with Gasteiger partial charge in [-0.25, -0.2) is 0 Å². The number of methoxy groups -OCH3 is 1. The van der Waals surface area contributed by atoms with E-state index in [0.717, 1.165) is 15.6 Å². The minimum Gasteiger partial charge on any atom is -0.496 e. The fourth-order valence-electron chi connectivity index (χ4n) is 2.62. The second kappa shape index (κ2) is 7.87. The topological polar surface area (TPSA) is 56.5 Å². The van der Waals surface area contributed by atoms with Crippen molar-refractivity contribution in [3.8, 4) is 5.75 Å². The number of thiazole rings is 1. The Bertz CT molecular complexity index is 1300. The van der Waals surface area contributed by atoms with Crippen LogP contribution in [-0.2, 0) is 0 Å². The third-order valence-electron chi connectivity index (χ3n) is 3.97. The molecular weight excluding hydrogens is 462 g/mol. The summed E-state index contributed by atoms with van der Waals surface area (Å²) in [6, 6.07) is 13.0. The Morgan fingerprint density at radius 2 is 1.96 bits per heavy atom. The highest BCUT2D eigenvalue weighted by Crippen LogP contribution is 2.23. The minimum absolute atomic E-state index is 0.208. The average molecular weight is 475 g/mol. The van der Waals surface area contributed by atoms with Crippen LogP contribution in [-0.4, -0.2) is 21.7 Å². The monoisotopic (exact) mass is 473 g/mol. The second-order valence-electron chi connectivity index (χ2n) is 5.85. The predicted molar refractivity (Wildman–Crippen MR) is 117 cm³/mol. The van der Waals surface area contributed by atoms with Crippen LogP contribution >= 0.6 is 38.9 Å². The van der Waals surface area contributed by atoms with Crippen molar-refractivity contribution in [3.63, 3.8) is 0 Å². The van der Waals surface area contributed by atoms with Crippen LogP contribution in [0, 0.1) is 0 Å². The lowest BCUT2D eigenvalue weighted by Gasteiger charge is -2.04. The van der Waals surface area contributed by atoms with E-state index in [-0.39, 0.29) is 5.56 Å². The van der Waals surface area contributed by atoms with Gasteiger partial charge in [0.1, 0.15) is 5.75 Å². The molecule has 0 saturated heterocycles. The van der Waals surface area contributed by atoms with Crippen LogP contribution in [0.3, 0.4) is 0 Å². The molecule has 0 unspecified atom stereocenters. The first-order valence-electron chi connectivity index (χ1n) is 8.22. The Labute approximate surface area is 177 Å². The number of aromatic nitrogens is 3. The average Bonchev–Trinajstić information content (AvgIpc) is 3.21. The number of ether oxygens (including phenoxy) is 1. The summed E-state index contributed by atoms with van der Waals surface area (Å²) in [6.45, 7) is 0. The molecule has 8 heteroatoms. The lowest BCUT2D eigenvalue weighted by atomic mass is 10.2. The molecule has 0 radical (unpaired) electrons. The number of hydrogen-bond acceptors (Lipinski definition) is 5. The van der Waals surface area contributed by atoms with E-state index < -0.39 is 0 Å². The molecule has 4 aromatic rings. The highest BCUT2D eigenvalue weighted by molar-refractivity contribution is 9.10. The first kappa shape index (κ1) is 18.9. The van der Waals surface area contributed by atoms with Crippen molar-refractivity contribution in [3.05, 3.63) is 83.8 Å². The molecule has 0 amide bonds. The summed E-state index contributed by atoms with van der Waals surface area (Å²) in [5.74, 6) is 1.16. The number of benzene rings is 2. The Morgan fingerprint density at radius 3 is 2.68 bits per heavy atom. The molecule has 0 fully saturated rings. The highest BCUT2D eigenvalue weighted by Gasteiger charge is 2.10. The van der Waals surface area contributed by atoms with Gasteiger partial charge in [0, 0.05) is 15.1 Å². The lowest BCUT2D eigenvalue weighted by Crippen LogP contribution is -2.23. The quantitative estimate of drug-likeness (QED) is 0.443. The van der Waals surface area contributed by atoms with Gasteiger partial charge in [-0.05, 0) is 48.0 Å². The largest absolute Gasteiger partial charge is 0.496 e. The van der Waals surface area contributed by atoms with E-state index in [2.05, 4.69) is 26.0 Å². The van der Waals surface area contributed by atoms with Crippen molar-refractivity contribution >= 4 is 62.1 Å². The molecule has 2 aromatic heterocycles. The van der Waals surface area contributed by atoms with Crippen LogP contribution in [0.5, 0.6) is 5.75 Å². The van der Waals surface area contributed by atoms with Gasteiger partial charge in [0.2, 0.25) is 4.96 Å². The predicted octanol–water partition coefficient (Wildman–Crippen LogP) is 4.29. The first-order chi connectivity index (χ1) is 13.5. The Balaban J connectivity index is 1.70. The minimum atomic E-state index is -0.208. The molecule has 28 heavy (non-hydrogen) atoms. The van der Waals surface area contributed by atoms with Gasteiger partial charge in [0.05, 0.1) is 11.6 Å². The highest BCUT2D eigenvalue weighted by atomic mass is 79.9. The standard InChI is InChI=1S/C20H13BrClN3O2S/c1-27-16-8-5-14(21)10-13(16)11-17-19(26)25-20(28-17)23-18(24-25)9-4-12-2-6-15(22)7-3-12/h2-11H,1H3/b9-4+,17-11+. The molecule has 4 rings (SSSR count). The Kier molecular flexibility index (Phi) is 5.30. The number of rotatable bonds is 4. The van der Waals surface area contributed by atoms with Crippen LogP contribution in [0.2, 0.25) is 5.02 Å². The van der Waals surface area contributed by atoms with E-state index in [1.54, 1.807) is 19.3 Å². The summed E-state index contributed by atoms with van der Waals surface area (Å²) in [6.07, 6.45) is 5.43. The summed E-state index contributed by atoms with van der Waals surface area (Å²) in [4.78, 5) is 17.7. The molecule has 140 valence electrons. The summed E-state index contributed by atoms with van der Waals surface area (Å²) in [5, 5.41) is 4.98. The fraction of sp³-hybridized carbons (Fsp3) is 0.0500. The normalized spacial score (nSPS) is 12.3.